The molecule has 2 aromatic heterocycles. The van der Waals surface area contributed by atoms with Crippen LogP contribution in [-0.4, -0.2) is 92.0 Å². The first-order valence-electron chi connectivity index (χ1n) is 18.9. The molecule has 6 rings (SSSR count). The van der Waals surface area contributed by atoms with E-state index in [1.807, 2.05) is 9.47 Å². The number of benzene rings is 2. The average Bonchev–Trinajstić information content (AvgIpc) is 3.48. The lowest BCUT2D eigenvalue weighted by Crippen LogP contribution is -2.46. The maximum Gasteiger partial charge on any atom is 0.417 e. The van der Waals surface area contributed by atoms with E-state index >= 15 is 0 Å². The van der Waals surface area contributed by atoms with E-state index in [0.717, 1.165) is 42.7 Å². The lowest BCUT2D eigenvalue weighted by Gasteiger charge is -2.35. The zero-order valence-electron chi connectivity index (χ0n) is 32.8. The maximum absolute atomic E-state index is 14.2. The van der Waals surface area contributed by atoms with Crippen molar-refractivity contribution in [2.45, 2.75) is 65.3 Å². The van der Waals surface area contributed by atoms with Crippen LogP contribution in [0.3, 0.4) is 0 Å². The molecule has 2 aliphatic heterocycles. The van der Waals surface area contributed by atoms with Crippen molar-refractivity contribution in [3.05, 3.63) is 93.8 Å². The first-order valence-corrected chi connectivity index (χ1v) is 18.9. The molecule has 0 bridgehead atoms. The SMILES string of the molecule is CCCN1CCN(Cc2ccc(NC(=O)Cc3cccc(C#Cc4cnc(N)nc4-c4cc5c(n4C)CCN(C(=O)OC(C)(C)C)C5=O)c3)cc2C(F)(F)F)CC1. The van der Waals surface area contributed by atoms with Crippen molar-refractivity contribution in [3.63, 3.8) is 0 Å². The zero-order valence-corrected chi connectivity index (χ0v) is 32.8. The number of hydrogen-bond donors (Lipinski definition) is 2. The number of alkyl halides is 3. The first-order chi connectivity index (χ1) is 27.0. The third-order valence-corrected chi connectivity index (χ3v) is 9.80. The summed E-state index contributed by atoms with van der Waals surface area (Å²) in [5.74, 6) is 5.21. The van der Waals surface area contributed by atoms with Gasteiger partial charge >= 0.3 is 12.3 Å². The maximum atomic E-state index is 14.2. The fourth-order valence-electron chi connectivity index (χ4n) is 7.07. The Labute approximate surface area is 330 Å². The van der Waals surface area contributed by atoms with Crippen molar-refractivity contribution in [1.82, 2.24) is 29.2 Å². The normalized spacial score (nSPS) is 15.2. The van der Waals surface area contributed by atoms with Gasteiger partial charge < -0.3 is 25.3 Å². The van der Waals surface area contributed by atoms with Crippen LogP contribution in [0.4, 0.5) is 29.6 Å². The van der Waals surface area contributed by atoms with Gasteiger partial charge in [-0.2, -0.15) is 13.2 Å². The minimum atomic E-state index is -4.58. The van der Waals surface area contributed by atoms with Crippen LogP contribution in [0.1, 0.15) is 78.0 Å². The number of halogens is 3. The summed E-state index contributed by atoms with van der Waals surface area (Å²) in [5.41, 5.74) is 8.30. The smallest absolute Gasteiger partial charge is 0.417 e. The van der Waals surface area contributed by atoms with Crippen molar-refractivity contribution in [3.8, 4) is 23.2 Å². The molecule has 1 saturated heterocycles. The number of carbonyl (C=O) groups is 3. The number of rotatable bonds is 8. The fourth-order valence-corrected chi connectivity index (χ4v) is 7.07. The number of carbonyl (C=O) groups excluding carboxylic acids is 3. The molecule has 2 aromatic carbocycles. The largest absolute Gasteiger partial charge is 0.443 e. The van der Waals surface area contributed by atoms with Gasteiger partial charge in [-0.15, -0.1) is 0 Å². The monoisotopic (exact) mass is 784 g/mol. The lowest BCUT2D eigenvalue weighted by atomic mass is 10.0. The van der Waals surface area contributed by atoms with E-state index in [9.17, 15) is 27.6 Å². The van der Waals surface area contributed by atoms with Crippen LogP contribution in [-0.2, 0) is 42.1 Å². The summed E-state index contributed by atoms with van der Waals surface area (Å²) in [6.07, 6.45) is -2.46. The predicted octanol–water partition coefficient (Wildman–Crippen LogP) is 6.13. The highest BCUT2D eigenvalue weighted by Crippen LogP contribution is 2.35. The number of ether oxygens (including phenoxy) is 1. The number of aromatic nitrogens is 3. The van der Waals surface area contributed by atoms with Gasteiger partial charge in [0.15, 0.2) is 0 Å². The van der Waals surface area contributed by atoms with Gasteiger partial charge in [0.05, 0.1) is 28.8 Å². The third kappa shape index (κ3) is 10.00. The van der Waals surface area contributed by atoms with Gasteiger partial charge in [-0.1, -0.05) is 37.0 Å². The molecule has 2 aliphatic rings. The van der Waals surface area contributed by atoms with Gasteiger partial charge in [-0.25, -0.2) is 19.7 Å². The van der Waals surface area contributed by atoms with Crippen LogP contribution in [0, 0.1) is 11.8 Å². The Morgan fingerprint density at radius 1 is 0.982 bits per heavy atom. The van der Waals surface area contributed by atoms with Crippen molar-refractivity contribution in [1.29, 1.82) is 0 Å². The van der Waals surface area contributed by atoms with E-state index in [4.69, 9.17) is 10.5 Å². The molecular weight excluding hydrogens is 738 g/mol. The minimum absolute atomic E-state index is 0.00213. The summed E-state index contributed by atoms with van der Waals surface area (Å²) in [5, 5.41) is 2.63. The number of imide groups is 1. The van der Waals surface area contributed by atoms with Gasteiger partial charge in [0.1, 0.15) is 11.3 Å². The van der Waals surface area contributed by atoms with Crippen molar-refractivity contribution in [2.24, 2.45) is 7.05 Å². The number of nitrogens with zero attached hydrogens (tertiary/aromatic N) is 6. The van der Waals surface area contributed by atoms with Crippen LogP contribution >= 0.6 is 0 Å². The summed E-state index contributed by atoms with van der Waals surface area (Å²) >= 11 is 0. The van der Waals surface area contributed by atoms with Gasteiger partial charge in [0, 0.05) is 75.9 Å². The molecule has 0 aliphatic carbocycles. The quantitative estimate of drug-likeness (QED) is 0.202. The number of fused-ring (bicyclic) bond motifs is 1. The highest BCUT2D eigenvalue weighted by Gasteiger charge is 2.36. The summed E-state index contributed by atoms with van der Waals surface area (Å²) in [6, 6.07) is 12.6. The molecular formula is C42H47F3N8O4. The second kappa shape index (κ2) is 16.8. The molecule has 300 valence electrons. The van der Waals surface area contributed by atoms with E-state index in [2.05, 4.69) is 38.9 Å². The molecule has 1 fully saturated rings. The summed E-state index contributed by atoms with van der Waals surface area (Å²) < 4.78 is 49.8. The molecule has 4 heterocycles. The second-order valence-corrected chi connectivity index (χ2v) is 15.3. The van der Waals surface area contributed by atoms with E-state index in [-0.39, 0.29) is 36.7 Å². The van der Waals surface area contributed by atoms with Crippen molar-refractivity contribution >= 4 is 29.5 Å². The number of nitrogen functional groups attached to an aromatic ring is 1. The first kappa shape index (κ1) is 40.9. The van der Waals surface area contributed by atoms with Crippen LogP contribution in [0.15, 0.2) is 54.7 Å². The number of anilines is 2. The predicted molar refractivity (Wildman–Crippen MR) is 210 cm³/mol. The van der Waals surface area contributed by atoms with E-state index < -0.39 is 35.2 Å². The topological polar surface area (TPSA) is 139 Å². The number of nitrogens with one attached hydrogen (secondary N) is 1. The lowest BCUT2D eigenvalue weighted by molar-refractivity contribution is -0.138. The number of amides is 3. The van der Waals surface area contributed by atoms with Gasteiger partial charge in [0.25, 0.3) is 5.91 Å². The third-order valence-electron chi connectivity index (χ3n) is 9.80. The molecule has 57 heavy (non-hydrogen) atoms. The molecule has 4 aromatic rings. The van der Waals surface area contributed by atoms with Crippen LogP contribution in [0.2, 0.25) is 0 Å². The molecule has 12 nitrogen and oxygen atoms in total. The summed E-state index contributed by atoms with van der Waals surface area (Å²) in [4.78, 5) is 53.3. The van der Waals surface area contributed by atoms with Gasteiger partial charge in [0.2, 0.25) is 11.9 Å². The van der Waals surface area contributed by atoms with E-state index in [1.54, 1.807) is 58.2 Å². The van der Waals surface area contributed by atoms with Crippen LogP contribution in [0.5, 0.6) is 0 Å². The molecule has 0 saturated carbocycles. The Kier molecular flexibility index (Phi) is 12.1. The number of hydrogen-bond acceptors (Lipinski definition) is 9. The molecule has 0 atom stereocenters. The highest BCUT2D eigenvalue weighted by atomic mass is 19.4. The van der Waals surface area contributed by atoms with Crippen LogP contribution in [0.25, 0.3) is 11.4 Å². The second-order valence-electron chi connectivity index (χ2n) is 15.3. The fraction of sp³-hybridized carbons (Fsp3) is 0.405. The minimum Gasteiger partial charge on any atom is -0.443 e. The molecule has 3 N–H and O–H groups in total. The highest BCUT2D eigenvalue weighted by molar-refractivity contribution is 6.05. The van der Waals surface area contributed by atoms with E-state index in [0.29, 0.717) is 53.2 Å². The van der Waals surface area contributed by atoms with Gasteiger partial charge in [-0.3, -0.25) is 14.5 Å². The van der Waals surface area contributed by atoms with Crippen molar-refractivity contribution in [2.75, 3.05) is 50.3 Å². The van der Waals surface area contributed by atoms with E-state index in [1.165, 1.54) is 18.3 Å². The van der Waals surface area contributed by atoms with Crippen LogP contribution < -0.4 is 11.1 Å². The Morgan fingerprint density at radius 3 is 2.42 bits per heavy atom. The Balaban J connectivity index is 1.16. The standard InChI is InChI=1S/C42H47F3N8O4/c1-6-15-51-17-19-52(20-18-51)26-30-12-13-31(23-33(30)42(43,44)45)48-36(54)22-28-9-7-8-27(21-28)10-11-29-25-47-39(46)49-37(29)35-24-32-34(50(35)5)14-16-53(38(32)55)40(56)57-41(2,3)4/h7-9,12-13,21,23-25H,6,14-20,22,26H2,1-5H3,(H,48,54)(H2,46,47,49). The Morgan fingerprint density at radius 2 is 1.72 bits per heavy atom. The van der Waals surface area contributed by atoms with Gasteiger partial charge in [-0.05, 0) is 75.2 Å². The summed E-state index contributed by atoms with van der Waals surface area (Å²) in [7, 11) is 1.79. The molecule has 0 spiro atoms. The molecule has 3 amide bonds. The molecule has 0 radical (unpaired) electrons. The Hall–Kier alpha value is -5.72. The van der Waals surface area contributed by atoms with Crippen molar-refractivity contribution < 1.29 is 32.3 Å². The average molecular weight is 785 g/mol. The number of piperazine rings is 1. The number of nitrogens with two attached hydrogens (primary N) is 1. The summed E-state index contributed by atoms with van der Waals surface area (Å²) in [6.45, 7) is 11.7. The molecule has 0 unspecified atom stereocenters. The zero-order chi connectivity index (χ0) is 41.1. The molecule has 15 heteroatoms. The Bertz CT molecular complexity index is 2230.